The van der Waals surface area contributed by atoms with Crippen molar-refractivity contribution < 1.29 is 13.2 Å². The topological polar surface area (TPSA) is 28.7 Å². The van der Waals surface area contributed by atoms with Crippen molar-refractivity contribution in [3.05, 3.63) is 53.1 Å². The fourth-order valence-corrected chi connectivity index (χ4v) is 2.22. The molecule has 0 aliphatic carbocycles. The molecule has 0 saturated carbocycles. The molecule has 20 heavy (non-hydrogen) atoms. The highest BCUT2D eigenvalue weighted by atomic mass is 35.5. The lowest BCUT2D eigenvalue weighted by Crippen LogP contribution is -2.04. The molecule has 0 unspecified atom stereocenters. The summed E-state index contributed by atoms with van der Waals surface area (Å²) in [5, 5.41) is 8.06. The number of halogens is 4. The van der Waals surface area contributed by atoms with Crippen molar-refractivity contribution in [2.45, 2.75) is 6.18 Å². The second-order valence-electron chi connectivity index (χ2n) is 4.34. The lowest BCUT2D eigenvalue weighted by Gasteiger charge is -2.07. The van der Waals surface area contributed by atoms with Crippen LogP contribution in [0.2, 0.25) is 5.02 Å². The van der Waals surface area contributed by atoms with Crippen LogP contribution in [0, 0.1) is 0 Å². The Balaban J connectivity index is 2.18. The highest BCUT2D eigenvalue weighted by Gasteiger charge is 2.30. The van der Waals surface area contributed by atoms with Crippen LogP contribution in [0.15, 0.2) is 42.5 Å². The third-order valence-electron chi connectivity index (χ3n) is 2.99. The van der Waals surface area contributed by atoms with E-state index < -0.39 is 11.7 Å². The highest BCUT2D eigenvalue weighted by Crippen LogP contribution is 2.34. The number of aromatic amines is 1. The number of hydrogen-bond acceptors (Lipinski definition) is 1. The minimum Gasteiger partial charge on any atom is -0.277 e. The summed E-state index contributed by atoms with van der Waals surface area (Å²) in [5.41, 5.74) is 0.872. The molecule has 0 aliphatic rings. The van der Waals surface area contributed by atoms with Crippen LogP contribution in [-0.4, -0.2) is 10.2 Å². The lowest BCUT2D eigenvalue weighted by atomic mass is 10.0. The number of rotatable bonds is 1. The first-order valence-corrected chi connectivity index (χ1v) is 6.14. The van der Waals surface area contributed by atoms with Crippen LogP contribution in [-0.2, 0) is 6.18 Å². The molecule has 0 radical (unpaired) electrons. The molecule has 0 saturated heterocycles. The summed E-state index contributed by atoms with van der Waals surface area (Å²) in [6.07, 6.45) is -4.38. The summed E-state index contributed by atoms with van der Waals surface area (Å²) < 4.78 is 38.2. The number of nitrogens with zero attached hydrogens (tertiary/aromatic N) is 1. The fraction of sp³-hybridized carbons (Fsp3) is 0.0714. The van der Waals surface area contributed by atoms with Gasteiger partial charge < -0.3 is 0 Å². The van der Waals surface area contributed by atoms with Gasteiger partial charge in [-0.25, -0.2) is 0 Å². The first kappa shape index (κ1) is 13.0. The van der Waals surface area contributed by atoms with Crippen LogP contribution >= 0.6 is 11.6 Å². The van der Waals surface area contributed by atoms with Crippen molar-refractivity contribution in [3.8, 4) is 11.3 Å². The maximum atomic E-state index is 12.7. The molecule has 0 fully saturated rings. The Morgan fingerprint density at radius 2 is 1.85 bits per heavy atom. The number of benzene rings is 2. The molecule has 1 aromatic heterocycles. The molecule has 0 spiro atoms. The standard InChI is InChI=1S/C14H8ClF3N2/c15-10-4-5-12-11(7-10)13(20-19-12)8-2-1-3-9(6-8)14(16,17)18/h1-7H,(H,19,20). The summed E-state index contributed by atoms with van der Waals surface area (Å²) in [6.45, 7) is 0. The van der Waals surface area contributed by atoms with E-state index in [4.69, 9.17) is 11.6 Å². The second kappa shape index (κ2) is 4.52. The lowest BCUT2D eigenvalue weighted by molar-refractivity contribution is -0.137. The molecule has 0 atom stereocenters. The Morgan fingerprint density at radius 1 is 1.05 bits per heavy atom. The number of nitrogens with one attached hydrogen (secondary N) is 1. The maximum absolute atomic E-state index is 12.7. The summed E-state index contributed by atoms with van der Waals surface area (Å²) >= 11 is 5.92. The van der Waals surface area contributed by atoms with E-state index in [9.17, 15) is 13.2 Å². The van der Waals surface area contributed by atoms with Crippen molar-refractivity contribution in [2.75, 3.05) is 0 Å². The molecule has 102 valence electrons. The molecule has 6 heteroatoms. The minimum absolute atomic E-state index is 0.397. The maximum Gasteiger partial charge on any atom is 0.416 e. The van der Waals surface area contributed by atoms with Crippen molar-refractivity contribution in [1.29, 1.82) is 0 Å². The molecule has 0 bridgehead atoms. The van der Waals surface area contributed by atoms with Crippen molar-refractivity contribution in [2.24, 2.45) is 0 Å². The van der Waals surface area contributed by atoms with Gasteiger partial charge in [-0.2, -0.15) is 18.3 Å². The van der Waals surface area contributed by atoms with Gasteiger partial charge in [0.15, 0.2) is 0 Å². The van der Waals surface area contributed by atoms with Gasteiger partial charge in [-0.15, -0.1) is 0 Å². The summed E-state index contributed by atoms with van der Waals surface area (Å²) in [4.78, 5) is 0. The average Bonchev–Trinajstić information content (AvgIpc) is 2.81. The predicted octanol–water partition coefficient (Wildman–Crippen LogP) is 4.90. The van der Waals surface area contributed by atoms with Crippen molar-refractivity contribution in [3.63, 3.8) is 0 Å². The van der Waals surface area contributed by atoms with E-state index in [0.717, 1.165) is 17.6 Å². The zero-order valence-corrected chi connectivity index (χ0v) is 10.8. The van der Waals surface area contributed by atoms with E-state index in [1.807, 2.05) is 0 Å². The Kier molecular flexibility index (Phi) is 2.94. The van der Waals surface area contributed by atoms with Crippen LogP contribution in [0.3, 0.4) is 0 Å². The van der Waals surface area contributed by atoms with Crippen LogP contribution in [0.1, 0.15) is 5.56 Å². The number of alkyl halides is 3. The van der Waals surface area contributed by atoms with Crippen LogP contribution in [0.25, 0.3) is 22.2 Å². The average molecular weight is 297 g/mol. The predicted molar refractivity (Wildman–Crippen MR) is 71.5 cm³/mol. The van der Waals surface area contributed by atoms with Crippen LogP contribution in [0.4, 0.5) is 13.2 Å². The third kappa shape index (κ3) is 2.25. The van der Waals surface area contributed by atoms with Gasteiger partial charge in [0.25, 0.3) is 0 Å². The SMILES string of the molecule is FC(F)(F)c1cccc(-c2n[nH]c3ccc(Cl)cc23)c1. The van der Waals surface area contributed by atoms with E-state index in [-0.39, 0.29) is 0 Å². The highest BCUT2D eigenvalue weighted by molar-refractivity contribution is 6.31. The monoisotopic (exact) mass is 296 g/mol. The summed E-state index contributed by atoms with van der Waals surface area (Å²) in [5.74, 6) is 0. The van der Waals surface area contributed by atoms with Crippen LogP contribution in [0.5, 0.6) is 0 Å². The third-order valence-corrected chi connectivity index (χ3v) is 3.22. The van der Waals surface area contributed by atoms with Crippen LogP contribution < -0.4 is 0 Å². The smallest absolute Gasteiger partial charge is 0.277 e. The molecule has 0 aliphatic heterocycles. The zero-order valence-electron chi connectivity index (χ0n) is 10.0. The van der Waals surface area contributed by atoms with E-state index >= 15 is 0 Å². The van der Waals surface area contributed by atoms with Gasteiger partial charge in [0, 0.05) is 16.0 Å². The summed E-state index contributed by atoms with van der Waals surface area (Å²) in [7, 11) is 0. The van der Waals surface area contributed by atoms with Gasteiger partial charge in [0.05, 0.1) is 16.8 Å². The van der Waals surface area contributed by atoms with Gasteiger partial charge in [-0.05, 0) is 30.3 Å². The molecule has 2 aromatic carbocycles. The Morgan fingerprint density at radius 3 is 2.60 bits per heavy atom. The molecule has 3 rings (SSSR count). The fourth-order valence-electron chi connectivity index (χ4n) is 2.05. The molecule has 1 N–H and O–H groups in total. The van der Waals surface area contributed by atoms with E-state index in [1.54, 1.807) is 24.3 Å². The van der Waals surface area contributed by atoms with E-state index in [1.165, 1.54) is 6.07 Å². The molecule has 2 nitrogen and oxygen atoms in total. The molecule has 0 amide bonds. The number of H-pyrrole nitrogens is 1. The van der Waals surface area contributed by atoms with Gasteiger partial charge in [0.1, 0.15) is 0 Å². The normalized spacial score (nSPS) is 12.0. The minimum atomic E-state index is -4.38. The van der Waals surface area contributed by atoms with Crippen molar-refractivity contribution >= 4 is 22.5 Å². The molecular weight excluding hydrogens is 289 g/mol. The number of hydrogen-bond donors (Lipinski definition) is 1. The summed E-state index contributed by atoms with van der Waals surface area (Å²) in [6, 6.07) is 10.2. The first-order chi connectivity index (χ1) is 9.45. The molecule has 1 heterocycles. The van der Waals surface area contributed by atoms with Gasteiger partial charge in [-0.1, -0.05) is 23.7 Å². The Bertz CT molecular complexity index is 777. The van der Waals surface area contributed by atoms with Crippen molar-refractivity contribution in [1.82, 2.24) is 10.2 Å². The Labute approximate surface area is 117 Å². The number of aromatic nitrogens is 2. The van der Waals surface area contributed by atoms with Gasteiger partial charge >= 0.3 is 6.18 Å². The zero-order chi connectivity index (χ0) is 14.3. The first-order valence-electron chi connectivity index (χ1n) is 5.76. The van der Waals surface area contributed by atoms with Gasteiger partial charge in [0.2, 0.25) is 0 Å². The molecular formula is C14H8ClF3N2. The molecule has 3 aromatic rings. The van der Waals surface area contributed by atoms with E-state index in [0.29, 0.717) is 21.7 Å². The second-order valence-corrected chi connectivity index (χ2v) is 4.78. The van der Waals surface area contributed by atoms with E-state index in [2.05, 4.69) is 10.2 Å². The van der Waals surface area contributed by atoms with Gasteiger partial charge in [-0.3, -0.25) is 5.10 Å². The Hall–Kier alpha value is -2.01. The largest absolute Gasteiger partial charge is 0.416 e. The number of fused-ring (bicyclic) bond motifs is 1. The quantitative estimate of drug-likeness (QED) is 0.679.